The SMILES string of the molecule is CC(S)(SC(S)SCS)S(=O)(=O)O. The molecule has 0 aliphatic heterocycles. The van der Waals surface area contributed by atoms with Crippen molar-refractivity contribution < 1.29 is 13.0 Å². The molecule has 0 amide bonds. The van der Waals surface area contributed by atoms with Crippen molar-refractivity contribution in [2.24, 2.45) is 0 Å². The molecule has 0 saturated carbocycles. The third-order valence-corrected chi connectivity index (χ3v) is 6.88. The Kier molecular flexibility index (Phi) is 6.39. The second-order valence-electron chi connectivity index (χ2n) is 2.09. The van der Waals surface area contributed by atoms with Crippen LogP contribution in [0.1, 0.15) is 6.92 Å². The Bertz CT molecular complexity index is 247. The van der Waals surface area contributed by atoms with Gasteiger partial charge in [0.05, 0.1) is 3.91 Å². The molecule has 1 N–H and O–H groups in total. The Morgan fingerprint density at radius 3 is 2.38 bits per heavy atom. The van der Waals surface area contributed by atoms with Crippen LogP contribution in [0.3, 0.4) is 0 Å². The molecular formula is C4H10O3S6. The summed E-state index contributed by atoms with van der Waals surface area (Å²) in [5.74, 6) is 0. The van der Waals surface area contributed by atoms with Gasteiger partial charge in [-0.2, -0.15) is 33.7 Å². The second-order valence-corrected chi connectivity index (χ2v) is 10.5. The molecule has 0 radical (unpaired) electrons. The van der Waals surface area contributed by atoms with E-state index in [0.717, 1.165) is 11.8 Å². The van der Waals surface area contributed by atoms with Crippen molar-refractivity contribution >= 4 is 71.5 Å². The topological polar surface area (TPSA) is 54.4 Å². The van der Waals surface area contributed by atoms with Gasteiger partial charge in [-0.25, -0.2) is 0 Å². The van der Waals surface area contributed by atoms with E-state index in [1.165, 1.54) is 18.7 Å². The zero-order valence-corrected chi connectivity index (χ0v) is 11.7. The summed E-state index contributed by atoms with van der Waals surface area (Å²) >= 11 is 14.2. The van der Waals surface area contributed by atoms with Gasteiger partial charge >= 0.3 is 0 Å². The molecule has 9 heteroatoms. The average molecular weight is 299 g/mol. The molecule has 13 heavy (non-hydrogen) atoms. The Morgan fingerprint density at radius 1 is 1.62 bits per heavy atom. The summed E-state index contributed by atoms with van der Waals surface area (Å²) in [6, 6.07) is 0. The van der Waals surface area contributed by atoms with Gasteiger partial charge in [-0.15, -0.1) is 36.2 Å². The molecule has 0 aromatic carbocycles. The molecule has 0 spiro atoms. The molecule has 0 bridgehead atoms. The minimum absolute atomic E-state index is 0.290. The van der Waals surface area contributed by atoms with Gasteiger partial charge in [0, 0.05) is 5.08 Å². The van der Waals surface area contributed by atoms with E-state index in [0.29, 0.717) is 5.08 Å². The number of rotatable bonds is 5. The maximum Gasteiger partial charge on any atom is 0.289 e. The molecule has 0 heterocycles. The van der Waals surface area contributed by atoms with Crippen LogP contribution in [0.15, 0.2) is 0 Å². The third-order valence-electron chi connectivity index (χ3n) is 1.02. The van der Waals surface area contributed by atoms with E-state index >= 15 is 0 Å². The van der Waals surface area contributed by atoms with Crippen LogP contribution in [0.4, 0.5) is 0 Å². The van der Waals surface area contributed by atoms with Crippen LogP contribution in [0.5, 0.6) is 0 Å². The molecule has 3 nitrogen and oxygen atoms in total. The third kappa shape index (κ3) is 5.33. The first-order valence-electron chi connectivity index (χ1n) is 2.98. The Labute approximate surface area is 103 Å². The van der Waals surface area contributed by atoms with Crippen molar-refractivity contribution in [3.63, 3.8) is 0 Å². The molecular weight excluding hydrogens is 288 g/mol. The van der Waals surface area contributed by atoms with Gasteiger partial charge < -0.3 is 0 Å². The fourth-order valence-corrected chi connectivity index (χ4v) is 5.81. The molecule has 0 aromatic heterocycles. The van der Waals surface area contributed by atoms with Crippen LogP contribution >= 0.6 is 61.4 Å². The van der Waals surface area contributed by atoms with Gasteiger partial charge in [0.15, 0.2) is 3.41 Å². The lowest BCUT2D eigenvalue weighted by atomic mass is 10.9. The van der Waals surface area contributed by atoms with Crippen LogP contribution in [-0.2, 0) is 10.1 Å². The van der Waals surface area contributed by atoms with Crippen molar-refractivity contribution in [3.8, 4) is 0 Å². The Balaban J connectivity index is 4.34. The summed E-state index contributed by atoms with van der Waals surface area (Å²) in [5.41, 5.74) is 0. The number of hydrogen-bond acceptors (Lipinski definition) is 7. The zero-order chi connectivity index (χ0) is 10.7. The summed E-state index contributed by atoms with van der Waals surface area (Å²) in [6.07, 6.45) is 0. The summed E-state index contributed by atoms with van der Waals surface area (Å²) in [6.45, 7) is 1.30. The van der Waals surface area contributed by atoms with Crippen molar-refractivity contribution in [1.29, 1.82) is 0 Å². The van der Waals surface area contributed by atoms with Gasteiger partial charge in [0.25, 0.3) is 10.1 Å². The lowest BCUT2D eigenvalue weighted by Crippen LogP contribution is -2.25. The predicted molar refractivity (Wildman–Crippen MR) is 70.7 cm³/mol. The monoisotopic (exact) mass is 298 g/mol. The fraction of sp³-hybridized carbons (Fsp3) is 1.00. The van der Waals surface area contributed by atoms with Gasteiger partial charge in [-0.3, -0.25) is 4.55 Å². The first-order valence-corrected chi connectivity index (χ1v) is 7.95. The highest BCUT2D eigenvalue weighted by Gasteiger charge is 2.36. The van der Waals surface area contributed by atoms with Gasteiger partial charge in [0.2, 0.25) is 0 Å². The molecule has 0 aliphatic rings. The number of hydrogen-bond donors (Lipinski definition) is 4. The van der Waals surface area contributed by atoms with Crippen LogP contribution in [0.2, 0.25) is 0 Å². The molecule has 0 aliphatic carbocycles. The van der Waals surface area contributed by atoms with E-state index in [9.17, 15) is 8.42 Å². The van der Waals surface area contributed by atoms with Crippen molar-refractivity contribution in [2.75, 3.05) is 5.08 Å². The van der Waals surface area contributed by atoms with Crippen LogP contribution in [0, 0.1) is 0 Å². The van der Waals surface area contributed by atoms with Crippen LogP contribution in [0.25, 0.3) is 0 Å². The van der Waals surface area contributed by atoms with E-state index < -0.39 is 13.5 Å². The minimum Gasteiger partial charge on any atom is -0.284 e. The summed E-state index contributed by atoms with van der Waals surface area (Å²) < 4.78 is 28.5. The summed E-state index contributed by atoms with van der Waals surface area (Å²) in [4.78, 5) is 0. The summed E-state index contributed by atoms with van der Waals surface area (Å²) in [5, 5.41) is 0.524. The highest BCUT2D eigenvalue weighted by molar-refractivity contribution is 8.36. The molecule has 2 unspecified atom stereocenters. The Morgan fingerprint density at radius 2 is 2.08 bits per heavy atom. The van der Waals surface area contributed by atoms with E-state index in [2.05, 4.69) is 37.9 Å². The zero-order valence-electron chi connectivity index (χ0n) is 6.61. The normalized spacial score (nSPS) is 19.5. The molecule has 0 rings (SSSR count). The first kappa shape index (κ1) is 14.7. The number of thioether (sulfide) groups is 2. The van der Waals surface area contributed by atoms with Crippen LogP contribution in [-0.4, -0.2) is 25.4 Å². The molecule has 0 aromatic rings. The molecule has 0 fully saturated rings. The van der Waals surface area contributed by atoms with Crippen molar-refractivity contribution in [1.82, 2.24) is 0 Å². The van der Waals surface area contributed by atoms with Crippen molar-refractivity contribution in [2.45, 2.75) is 14.2 Å². The predicted octanol–water partition coefficient (Wildman–Crippen LogP) is 2.04. The largest absolute Gasteiger partial charge is 0.289 e. The van der Waals surface area contributed by atoms with Gasteiger partial charge in [0.1, 0.15) is 0 Å². The molecule has 80 valence electrons. The van der Waals surface area contributed by atoms with Crippen LogP contribution < -0.4 is 0 Å². The van der Waals surface area contributed by atoms with E-state index in [1.807, 2.05) is 0 Å². The smallest absolute Gasteiger partial charge is 0.284 e. The molecule has 0 saturated heterocycles. The quantitative estimate of drug-likeness (QED) is 0.356. The fourth-order valence-electron chi connectivity index (χ4n) is 0.346. The second kappa shape index (κ2) is 5.66. The minimum atomic E-state index is -4.18. The lowest BCUT2D eigenvalue weighted by Gasteiger charge is -2.22. The van der Waals surface area contributed by atoms with E-state index in [4.69, 9.17) is 4.55 Å². The van der Waals surface area contributed by atoms with E-state index in [1.54, 1.807) is 0 Å². The average Bonchev–Trinajstić information content (AvgIpc) is 1.83. The maximum atomic E-state index is 10.8. The van der Waals surface area contributed by atoms with Gasteiger partial charge in [-0.1, -0.05) is 0 Å². The standard InChI is InChI=1S/C4H10O3S6/c1-4(10,13(5,6)7)12-3(9)11-2-8/h3,8-10H,2H2,1H3,(H,5,6,7). The highest BCUT2D eigenvalue weighted by Crippen LogP contribution is 2.42. The Hall–Kier alpha value is 1.66. The first-order chi connectivity index (χ1) is 5.70. The maximum absolute atomic E-state index is 10.8. The number of thiol groups is 3. The highest BCUT2D eigenvalue weighted by atomic mass is 32.3. The summed E-state index contributed by atoms with van der Waals surface area (Å²) in [7, 11) is -4.18. The van der Waals surface area contributed by atoms with E-state index in [-0.39, 0.29) is 3.91 Å². The lowest BCUT2D eigenvalue weighted by molar-refractivity contribution is 0.479. The van der Waals surface area contributed by atoms with Crippen molar-refractivity contribution in [3.05, 3.63) is 0 Å². The van der Waals surface area contributed by atoms with Gasteiger partial charge in [-0.05, 0) is 6.92 Å². The molecule has 2 atom stereocenters.